The van der Waals surface area contributed by atoms with Gasteiger partial charge in [0.25, 0.3) is 0 Å². The van der Waals surface area contributed by atoms with Crippen LogP contribution in [0.5, 0.6) is 0 Å². The van der Waals surface area contributed by atoms with E-state index in [1.54, 1.807) is 11.3 Å². The summed E-state index contributed by atoms with van der Waals surface area (Å²) in [5.74, 6) is 2.51. The number of rotatable bonds is 4. The number of nitrogens with zero attached hydrogens (tertiary/aromatic N) is 3. The van der Waals surface area contributed by atoms with Gasteiger partial charge in [0, 0.05) is 55.2 Å². The average Bonchev–Trinajstić information content (AvgIpc) is 3.33. The number of thiazole rings is 1. The predicted molar refractivity (Wildman–Crippen MR) is 122 cm³/mol. The third kappa shape index (κ3) is 4.45. The van der Waals surface area contributed by atoms with E-state index in [4.69, 9.17) is 14.7 Å². The average molecular weight is 504 g/mol. The highest BCUT2D eigenvalue weighted by molar-refractivity contribution is 14.0. The van der Waals surface area contributed by atoms with Gasteiger partial charge in [0.1, 0.15) is 0 Å². The van der Waals surface area contributed by atoms with Crippen molar-refractivity contribution in [2.24, 2.45) is 16.8 Å². The molecule has 4 rings (SSSR count). The van der Waals surface area contributed by atoms with Gasteiger partial charge in [0.2, 0.25) is 0 Å². The number of hydrogen-bond acceptors (Lipinski definition) is 4. The van der Waals surface area contributed by atoms with E-state index in [9.17, 15) is 0 Å². The Labute approximate surface area is 184 Å². The van der Waals surface area contributed by atoms with Crippen LogP contribution in [0.2, 0.25) is 0 Å². The van der Waals surface area contributed by atoms with Crippen LogP contribution in [0, 0.1) is 11.8 Å². The molecular formula is C20H33IN4OS. The molecule has 2 bridgehead atoms. The Kier molecular flexibility index (Phi) is 6.73. The van der Waals surface area contributed by atoms with Gasteiger partial charge in [-0.05, 0) is 19.8 Å². The van der Waals surface area contributed by atoms with E-state index in [1.165, 1.54) is 23.5 Å². The number of aliphatic imine (C=N–C) groups is 1. The van der Waals surface area contributed by atoms with Crippen molar-refractivity contribution in [1.82, 2.24) is 15.2 Å². The topological polar surface area (TPSA) is 49.8 Å². The zero-order chi connectivity index (χ0) is 18.3. The van der Waals surface area contributed by atoms with Gasteiger partial charge in [-0.1, -0.05) is 20.8 Å². The molecule has 27 heavy (non-hydrogen) atoms. The Morgan fingerprint density at radius 2 is 1.96 bits per heavy atom. The monoisotopic (exact) mass is 504 g/mol. The molecule has 0 spiro atoms. The van der Waals surface area contributed by atoms with Crippen molar-refractivity contribution in [3.63, 3.8) is 0 Å². The smallest absolute Gasteiger partial charge is 0.193 e. The maximum atomic E-state index is 6.10. The summed E-state index contributed by atoms with van der Waals surface area (Å²) in [5.41, 5.74) is 1.32. The van der Waals surface area contributed by atoms with Crippen LogP contribution in [0.15, 0.2) is 10.4 Å². The third-order valence-electron chi connectivity index (χ3n) is 5.99. The molecular weight excluding hydrogens is 471 g/mol. The Bertz CT molecular complexity index is 653. The van der Waals surface area contributed by atoms with Gasteiger partial charge < -0.3 is 15.0 Å². The number of ether oxygens (including phenoxy) is 1. The minimum Gasteiger partial charge on any atom is -0.374 e. The molecule has 1 aromatic rings. The second-order valence-corrected chi connectivity index (χ2v) is 9.83. The van der Waals surface area contributed by atoms with Crippen LogP contribution >= 0.6 is 35.3 Å². The van der Waals surface area contributed by atoms with E-state index in [0.717, 1.165) is 38.6 Å². The summed E-state index contributed by atoms with van der Waals surface area (Å²) in [6.45, 7) is 12.7. The lowest BCUT2D eigenvalue weighted by molar-refractivity contribution is 0.0767. The van der Waals surface area contributed by atoms with E-state index in [1.807, 2.05) is 0 Å². The zero-order valence-electron chi connectivity index (χ0n) is 16.9. The molecule has 5 nitrogen and oxygen atoms in total. The lowest BCUT2D eigenvalue weighted by Gasteiger charge is -2.23. The Morgan fingerprint density at radius 1 is 1.30 bits per heavy atom. The number of likely N-dealkylation sites (tertiary alicyclic amines) is 1. The first-order valence-electron chi connectivity index (χ1n) is 10.1. The van der Waals surface area contributed by atoms with Gasteiger partial charge in [-0.15, -0.1) is 35.3 Å². The lowest BCUT2D eigenvalue weighted by Crippen LogP contribution is -2.41. The highest BCUT2D eigenvalue weighted by Crippen LogP contribution is 2.47. The largest absolute Gasteiger partial charge is 0.374 e. The summed E-state index contributed by atoms with van der Waals surface area (Å²) < 4.78 is 6.10. The van der Waals surface area contributed by atoms with Crippen molar-refractivity contribution in [2.45, 2.75) is 64.6 Å². The van der Waals surface area contributed by atoms with Crippen molar-refractivity contribution in [1.29, 1.82) is 0 Å². The second-order valence-electron chi connectivity index (χ2n) is 8.89. The quantitative estimate of drug-likeness (QED) is 0.386. The molecule has 3 fully saturated rings. The Balaban J connectivity index is 0.00000210. The van der Waals surface area contributed by atoms with Gasteiger partial charge in [-0.3, -0.25) is 4.99 Å². The van der Waals surface area contributed by atoms with Crippen molar-refractivity contribution in [2.75, 3.05) is 26.2 Å². The van der Waals surface area contributed by atoms with Gasteiger partial charge in [-0.2, -0.15) is 0 Å². The first-order valence-corrected chi connectivity index (χ1v) is 11.0. The van der Waals surface area contributed by atoms with Crippen LogP contribution < -0.4 is 5.32 Å². The summed E-state index contributed by atoms with van der Waals surface area (Å²) >= 11 is 1.77. The van der Waals surface area contributed by atoms with Gasteiger partial charge >= 0.3 is 0 Å². The normalized spacial score (nSPS) is 29.8. The molecule has 152 valence electrons. The van der Waals surface area contributed by atoms with Gasteiger partial charge in [0.05, 0.1) is 22.9 Å². The first-order chi connectivity index (χ1) is 12.5. The van der Waals surface area contributed by atoms with Crippen molar-refractivity contribution in [3.8, 4) is 0 Å². The zero-order valence-corrected chi connectivity index (χ0v) is 20.0. The van der Waals surface area contributed by atoms with E-state index in [2.05, 4.69) is 43.3 Å². The van der Waals surface area contributed by atoms with Crippen LogP contribution in [0.3, 0.4) is 0 Å². The second kappa shape index (κ2) is 8.53. The molecule has 1 N–H and O–H groups in total. The predicted octanol–water partition coefficient (Wildman–Crippen LogP) is 3.68. The standard InChI is InChI=1S/C20H32N4OS.HI/c1-5-21-19(22-9-8-18-23-17(12-26-18)20(2,3)4)24-10-13-14(11-24)16-7-6-15(13)25-16;/h12-16H,5-11H2,1-4H3,(H,21,22);1H. The fourth-order valence-corrected chi connectivity index (χ4v) is 5.60. The number of fused-ring (bicyclic) bond motifs is 5. The number of aromatic nitrogens is 1. The highest BCUT2D eigenvalue weighted by Gasteiger charge is 2.53. The van der Waals surface area contributed by atoms with E-state index in [-0.39, 0.29) is 29.4 Å². The maximum Gasteiger partial charge on any atom is 0.193 e. The van der Waals surface area contributed by atoms with E-state index >= 15 is 0 Å². The summed E-state index contributed by atoms with van der Waals surface area (Å²) in [7, 11) is 0. The number of nitrogens with one attached hydrogen (secondary N) is 1. The van der Waals surface area contributed by atoms with Crippen LogP contribution in [-0.4, -0.2) is 54.2 Å². The molecule has 0 aromatic carbocycles. The summed E-state index contributed by atoms with van der Waals surface area (Å²) in [6.07, 6.45) is 4.44. The minimum absolute atomic E-state index is 0. The third-order valence-corrected chi connectivity index (χ3v) is 6.90. The molecule has 3 aliphatic heterocycles. The van der Waals surface area contributed by atoms with Crippen LogP contribution in [0.4, 0.5) is 0 Å². The van der Waals surface area contributed by atoms with Crippen molar-refractivity contribution >= 4 is 41.3 Å². The molecule has 4 atom stereocenters. The molecule has 4 heterocycles. The number of hydrogen-bond donors (Lipinski definition) is 1. The lowest BCUT2D eigenvalue weighted by atomic mass is 9.82. The van der Waals surface area contributed by atoms with Crippen LogP contribution in [-0.2, 0) is 16.6 Å². The molecule has 7 heteroatoms. The van der Waals surface area contributed by atoms with E-state index < -0.39 is 0 Å². The summed E-state index contributed by atoms with van der Waals surface area (Å²) in [5, 5.41) is 6.89. The summed E-state index contributed by atoms with van der Waals surface area (Å²) in [4.78, 5) is 12.2. The SMILES string of the molecule is CCNC(=NCCc1nc(C(C)(C)C)cs1)N1CC2C3CCC(O3)C2C1.I. The molecule has 0 saturated carbocycles. The maximum absolute atomic E-state index is 6.10. The fourth-order valence-electron chi connectivity index (χ4n) is 4.59. The molecule has 0 aliphatic carbocycles. The van der Waals surface area contributed by atoms with Crippen LogP contribution in [0.25, 0.3) is 0 Å². The molecule has 3 saturated heterocycles. The molecule has 0 amide bonds. The van der Waals surface area contributed by atoms with Crippen molar-refractivity contribution in [3.05, 3.63) is 16.1 Å². The van der Waals surface area contributed by atoms with Crippen LogP contribution in [0.1, 0.15) is 51.2 Å². The molecule has 0 radical (unpaired) electrons. The Morgan fingerprint density at radius 3 is 2.52 bits per heavy atom. The molecule has 3 aliphatic rings. The molecule has 1 aromatic heterocycles. The van der Waals surface area contributed by atoms with Gasteiger partial charge in [-0.25, -0.2) is 4.98 Å². The first kappa shape index (κ1) is 21.3. The fraction of sp³-hybridized carbons (Fsp3) is 0.800. The van der Waals surface area contributed by atoms with E-state index in [0.29, 0.717) is 24.0 Å². The summed E-state index contributed by atoms with van der Waals surface area (Å²) in [6, 6.07) is 0. The minimum atomic E-state index is 0. The highest BCUT2D eigenvalue weighted by atomic mass is 127. The number of guanidine groups is 1. The number of halogens is 1. The van der Waals surface area contributed by atoms with Crippen molar-refractivity contribution < 1.29 is 4.74 Å². The van der Waals surface area contributed by atoms with Gasteiger partial charge in [0.15, 0.2) is 5.96 Å². The molecule has 4 unspecified atom stereocenters. The Hall–Kier alpha value is -0.410.